The molecular weight excluding hydrogens is 274 g/mol. The molecule has 0 saturated carbocycles. The Morgan fingerprint density at radius 1 is 1.25 bits per heavy atom. The molecule has 0 radical (unpaired) electrons. The number of aryl methyl sites for hydroxylation is 2. The fourth-order valence-electron chi connectivity index (χ4n) is 2.05. The summed E-state index contributed by atoms with van der Waals surface area (Å²) in [4.78, 5) is 12.0. The zero-order valence-electron chi connectivity index (χ0n) is 12.1. The maximum Gasteiger partial charge on any atom is 0.205 e. The summed E-state index contributed by atoms with van der Waals surface area (Å²) in [7, 11) is 0. The Morgan fingerprint density at radius 3 is 2.50 bits per heavy atom. The predicted molar refractivity (Wildman–Crippen MR) is 81.5 cm³/mol. The van der Waals surface area contributed by atoms with E-state index in [0.717, 1.165) is 16.9 Å². The number of benzene rings is 1. The summed E-state index contributed by atoms with van der Waals surface area (Å²) in [5.74, 6) is 0. The molecule has 1 aromatic carbocycles. The van der Waals surface area contributed by atoms with Gasteiger partial charge in [-0.15, -0.1) is 0 Å². The zero-order valence-corrected chi connectivity index (χ0v) is 12.8. The third-order valence-corrected chi connectivity index (χ3v) is 3.35. The van der Waals surface area contributed by atoms with Crippen molar-refractivity contribution in [2.75, 3.05) is 0 Å². The lowest BCUT2D eigenvalue weighted by atomic mass is 10.0. The molecule has 106 valence electrons. The Morgan fingerprint density at radius 2 is 1.90 bits per heavy atom. The highest BCUT2D eigenvalue weighted by Gasteiger charge is 2.21. The number of hydrogen-bond acceptors (Lipinski definition) is 3. The predicted octanol–water partition coefficient (Wildman–Crippen LogP) is 2.70. The van der Waals surface area contributed by atoms with Crippen LogP contribution in [0.2, 0.25) is 5.02 Å². The molecule has 0 atom stereocenters. The normalized spacial score (nSPS) is 11.7. The first-order valence-electron chi connectivity index (χ1n) is 6.37. The molecule has 0 aliphatic carbocycles. The maximum absolute atomic E-state index is 12.0. The van der Waals surface area contributed by atoms with Crippen LogP contribution < -0.4 is 11.2 Å². The molecule has 2 aromatic rings. The highest BCUT2D eigenvalue weighted by molar-refractivity contribution is 6.30. The molecule has 0 amide bonds. The molecule has 2 rings (SSSR count). The van der Waals surface area contributed by atoms with E-state index < -0.39 is 5.54 Å². The van der Waals surface area contributed by atoms with Crippen LogP contribution in [-0.2, 0) is 5.54 Å². The van der Waals surface area contributed by atoms with Crippen molar-refractivity contribution in [1.82, 2.24) is 9.78 Å². The molecule has 20 heavy (non-hydrogen) atoms. The molecule has 1 heterocycles. The van der Waals surface area contributed by atoms with Crippen molar-refractivity contribution in [3.63, 3.8) is 0 Å². The van der Waals surface area contributed by atoms with Gasteiger partial charge < -0.3 is 5.73 Å². The van der Waals surface area contributed by atoms with Crippen molar-refractivity contribution < 1.29 is 0 Å². The average Bonchev–Trinajstić information content (AvgIpc) is 2.31. The summed E-state index contributed by atoms with van der Waals surface area (Å²) in [6.07, 6.45) is 0. The molecule has 0 bridgehead atoms. The van der Waals surface area contributed by atoms with E-state index in [-0.39, 0.29) is 5.43 Å². The minimum absolute atomic E-state index is 0.147. The molecule has 0 unspecified atom stereocenters. The molecule has 0 aliphatic heterocycles. The van der Waals surface area contributed by atoms with Crippen LogP contribution in [0.15, 0.2) is 29.1 Å². The highest BCUT2D eigenvalue weighted by Crippen LogP contribution is 2.20. The summed E-state index contributed by atoms with van der Waals surface area (Å²) in [5, 5.41) is 5.06. The van der Waals surface area contributed by atoms with Crippen molar-refractivity contribution >= 4 is 11.6 Å². The molecule has 2 N–H and O–H groups in total. The van der Waals surface area contributed by atoms with Gasteiger partial charge in [-0.05, 0) is 45.4 Å². The van der Waals surface area contributed by atoms with Gasteiger partial charge in [0.15, 0.2) is 0 Å². The van der Waals surface area contributed by atoms with Crippen molar-refractivity contribution in [2.45, 2.75) is 33.2 Å². The summed E-state index contributed by atoms with van der Waals surface area (Å²) >= 11 is 6.05. The van der Waals surface area contributed by atoms with E-state index in [1.807, 2.05) is 32.0 Å². The fraction of sp³-hybridized carbons (Fsp3) is 0.333. The van der Waals surface area contributed by atoms with Crippen LogP contribution in [0.1, 0.15) is 30.8 Å². The van der Waals surface area contributed by atoms with Crippen LogP contribution in [0.5, 0.6) is 0 Å². The average molecular weight is 292 g/mol. The van der Waals surface area contributed by atoms with Gasteiger partial charge in [0.2, 0.25) is 5.43 Å². The smallest absolute Gasteiger partial charge is 0.205 e. The van der Waals surface area contributed by atoms with Crippen LogP contribution in [0, 0.1) is 13.8 Å². The molecule has 0 fully saturated rings. The van der Waals surface area contributed by atoms with Gasteiger partial charge in [-0.1, -0.05) is 17.7 Å². The first-order chi connectivity index (χ1) is 9.20. The monoisotopic (exact) mass is 291 g/mol. The Bertz CT molecular complexity index is 714. The Hall–Kier alpha value is -1.65. The first-order valence-corrected chi connectivity index (χ1v) is 6.75. The lowest BCUT2D eigenvalue weighted by molar-refractivity contribution is 0.510. The Balaban J connectivity index is 2.75. The second-order valence-corrected chi connectivity index (χ2v) is 6.00. The van der Waals surface area contributed by atoms with Crippen LogP contribution in [-0.4, -0.2) is 9.78 Å². The van der Waals surface area contributed by atoms with Gasteiger partial charge in [-0.25, -0.2) is 4.68 Å². The number of nitrogens with two attached hydrogens (primary N) is 1. The van der Waals surface area contributed by atoms with Crippen LogP contribution in [0.4, 0.5) is 0 Å². The van der Waals surface area contributed by atoms with E-state index in [1.165, 1.54) is 0 Å². The minimum Gasteiger partial charge on any atom is -0.320 e. The second kappa shape index (κ2) is 5.04. The largest absolute Gasteiger partial charge is 0.320 e. The lowest BCUT2D eigenvalue weighted by Crippen LogP contribution is -2.37. The van der Waals surface area contributed by atoms with Gasteiger partial charge in [-0.3, -0.25) is 4.79 Å². The number of nitrogens with zero attached hydrogens (tertiary/aromatic N) is 2. The lowest BCUT2D eigenvalue weighted by Gasteiger charge is -2.20. The van der Waals surface area contributed by atoms with Gasteiger partial charge in [0.25, 0.3) is 0 Å². The Labute approximate surface area is 123 Å². The third kappa shape index (κ3) is 2.76. The van der Waals surface area contributed by atoms with Gasteiger partial charge in [0.05, 0.1) is 11.2 Å². The standard InChI is InChI=1S/C15H18ClN3O/c1-9-5-6-11(16)8-12(9)19-10(2)7-13(20)14(18-19)15(3,4)17/h5-8H,17H2,1-4H3. The molecule has 0 spiro atoms. The van der Waals surface area contributed by atoms with E-state index in [4.69, 9.17) is 17.3 Å². The first kappa shape index (κ1) is 14.8. The van der Waals surface area contributed by atoms with Crippen LogP contribution >= 0.6 is 11.6 Å². The van der Waals surface area contributed by atoms with Gasteiger partial charge in [0, 0.05) is 16.8 Å². The fourth-order valence-corrected chi connectivity index (χ4v) is 2.21. The molecule has 1 aromatic heterocycles. The summed E-state index contributed by atoms with van der Waals surface area (Å²) < 4.78 is 1.71. The zero-order chi connectivity index (χ0) is 15.1. The van der Waals surface area contributed by atoms with Crippen molar-refractivity contribution in [3.05, 3.63) is 56.5 Å². The quantitative estimate of drug-likeness (QED) is 0.925. The third-order valence-electron chi connectivity index (χ3n) is 3.12. The van der Waals surface area contributed by atoms with E-state index in [0.29, 0.717) is 10.7 Å². The number of aromatic nitrogens is 2. The number of halogens is 1. The number of hydrogen-bond donors (Lipinski definition) is 1. The van der Waals surface area contributed by atoms with Crippen molar-refractivity contribution in [2.24, 2.45) is 5.73 Å². The summed E-state index contributed by atoms with van der Waals surface area (Å²) in [5.41, 5.74) is 8.03. The summed E-state index contributed by atoms with van der Waals surface area (Å²) in [6.45, 7) is 7.34. The molecule has 5 heteroatoms. The van der Waals surface area contributed by atoms with E-state index in [9.17, 15) is 4.79 Å². The second-order valence-electron chi connectivity index (χ2n) is 5.56. The number of rotatable bonds is 2. The summed E-state index contributed by atoms with van der Waals surface area (Å²) in [6, 6.07) is 7.13. The molecule has 0 saturated heterocycles. The van der Waals surface area contributed by atoms with Crippen LogP contribution in [0.3, 0.4) is 0 Å². The van der Waals surface area contributed by atoms with E-state index in [1.54, 1.807) is 24.6 Å². The molecule has 0 aliphatic rings. The Kier molecular flexibility index (Phi) is 3.71. The van der Waals surface area contributed by atoms with Crippen molar-refractivity contribution in [3.8, 4) is 5.69 Å². The maximum atomic E-state index is 12.0. The molecule has 4 nitrogen and oxygen atoms in total. The van der Waals surface area contributed by atoms with Crippen LogP contribution in [0.25, 0.3) is 5.69 Å². The SMILES string of the molecule is Cc1ccc(Cl)cc1-n1nc(C(C)(C)N)c(=O)cc1C. The van der Waals surface area contributed by atoms with E-state index >= 15 is 0 Å². The topological polar surface area (TPSA) is 60.9 Å². The van der Waals surface area contributed by atoms with Crippen molar-refractivity contribution in [1.29, 1.82) is 0 Å². The minimum atomic E-state index is -0.793. The van der Waals surface area contributed by atoms with Gasteiger partial charge in [-0.2, -0.15) is 5.10 Å². The van der Waals surface area contributed by atoms with Gasteiger partial charge >= 0.3 is 0 Å². The van der Waals surface area contributed by atoms with E-state index in [2.05, 4.69) is 5.10 Å². The highest BCUT2D eigenvalue weighted by atomic mass is 35.5. The molecular formula is C15H18ClN3O. The van der Waals surface area contributed by atoms with Gasteiger partial charge in [0.1, 0.15) is 5.69 Å².